The number of hydrogen-bond donors (Lipinski definition) is 2. The van der Waals surface area contributed by atoms with E-state index < -0.39 is 0 Å². The highest BCUT2D eigenvalue weighted by Crippen LogP contribution is 2.40. The number of carbonyl (C=O) groups is 1. The van der Waals surface area contributed by atoms with Gasteiger partial charge in [-0.3, -0.25) is 4.79 Å². The summed E-state index contributed by atoms with van der Waals surface area (Å²) in [5, 5.41) is 12.2. The van der Waals surface area contributed by atoms with E-state index in [-0.39, 0.29) is 17.9 Å². The average molecular weight is 317 g/mol. The van der Waals surface area contributed by atoms with E-state index in [1.165, 1.54) is 12.8 Å². The Bertz CT molecular complexity index is 533. The number of rotatable bonds is 8. The summed E-state index contributed by atoms with van der Waals surface area (Å²) >= 11 is 0. The number of nitrogens with one attached hydrogen (secondary N) is 1. The van der Waals surface area contributed by atoms with Crippen LogP contribution in [0.25, 0.3) is 6.08 Å². The van der Waals surface area contributed by atoms with Gasteiger partial charge in [0, 0.05) is 24.8 Å². The average Bonchev–Trinajstić information content (AvgIpc) is 3.02. The SMILES string of the molecule is CCOc1ccccc1/C=C/C(=O)NCC1(CCO)CCCC1. The molecule has 1 saturated carbocycles. The second kappa shape index (κ2) is 8.73. The molecule has 1 aliphatic rings. The maximum Gasteiger partial charge on any atom is 0.244 e. The van der Waals surface area contributed by atoms with Crippen LogP contribution in [0, 0.1) is 5.41 Å². The Morgan fingerprint density at radius 2 is 2.09 bits per heavy atom. The highest BCUT2D eigenvalue weighted by molar-refractivity contribution is 5.92. The summed E-state index contributed by atoms with van der Waals surface area (Å²) in [5.74, 6) is 0.687. The molecular formula is C19H27NO3. The number of hydrogen-bond acceptors (Lipinski definition) is 3. The number of para-hydroxylation sites is 1. The van der Waals surface area contributed by atoms with E-state index in [1.54, 1.807) is 12.2 Å². The highest BCUT2D eigenvalue weighted by Gasteiger charge is 2.33. The summed E-state index contributed by atoms with van der Waals surface area (Å²) in [6.07, 6.45) is 8.66. The Kier molecular flexibility index (Phi) is 6.66. The third-order valence-corrected chi connectivity index (χ3v) is 4.58. The molecular weight excluding hydrogens is 290 g/mol. The van der Waals surface area contributed by atoms with Gasteiger partial charge in [-0.05, 0) is 43.7 Å². The quantitative estimate of drug-likeness (QED) is 0.724. The molecule has 0 saturated heterocycles. The Labute approximate surface area is 138 Å². The summed E-state index contributed by atoms with van der Waals surface area (Å²) in [4.78, 5) is 12.1. The zero-order chi connectivity index (χ0) is 16.5. The summed E-state index contributed by atoms with van der Waals surface area (Å²) < 4.78 is 5.55. The molecule has 0 unspecified atom stereocenters. The van der Waals surface area contributed by atoms with Crippen LogP contribution in [0.15, 0.2) is 30.3 Å². The van der Waals surface area contributed by atoms with Gasteiger partial charge in [0.15, 0.2) is 0 Å². The molecule has 4 heteroatoms. The van der Waals surface area contributed by atoms with Crippen LogP contribution in [0.5, 0.6) is 5.75 Å². The van der Waals surface area contributed by atoms with Gasteiger partial charge in [0.25, 0.3) is 0 Å². The first-order valence-electron chi connectivity index (χ1n) is 8.48. The molecule has 126 valence electrons. The van der Waals surface area contributed by atoms with Gasteiger partial charge in [-0.15, -0.1) is 0 Å². The molecule has 1 aromatic carbocycles. The zero-order valence-electron chi connectivity index (χ0n) is 13.9. The van der Waals surface area contributed by atoms with Gasteiger partial charge in [-0.25, -0.2) is 0 Å². The van der Waals surface area contributed by atoms with Crippen molar-refractivity contribution in [2.45, 2.75) is 39.0 Å². The van der Waals surface area contributed by atoms with E-state index in [0.717, 1.165) is 30.6 Å². The first kappa shape index (κ1) is 17.5. The van der Waals surface area contributed by atoms with Crippen molar-refractivity contribution in [2.75, 3.05) is 19.8 Å². The number of benzene rings is 1. The number of carbonyl (C=O) groups excluding carboxylic acids is 1. The summed E-state index contributed by atoms with van der Waals surface area (Å²) in [6.45, 7) is 3.37. The Hall–Kier alpha value is -1.81. The van der Waals surface area contributed by atoms with Crippen molar-refractivity contribution in [3.63, 3.8) is 0 Å². The van der Waals surface area contributed by atoms with E-state index in [2.05, 4.69) is 5.32 Å². The number of amides is 1. The van der Waals surface area contributed by atoms with Crippen LogP contribution in [0.3, 0.4) is 0 Å². The van der Waals surface area contributed by atoms with E-state index in [4.69, 9.17) is 4.74 Å². The molecule has 1 amide bonds. The third kappa shape index (κ3) is 5.10. The Morgan fingerprint density at radius 3 is 2.78 bits per heavy atom. The molecule has 2 rings (SSSR count). The Balaban J connectivity index is 1.91. The monoisotopic (exact) mass is 317 g/mol. The smallest absolute Gasteiger partial charge is 0.244 e. The maximum atomic E-state index is 12.1. The standard InChI is InChI=1S/C19H27NO3/c1-2-23-17-8-4-3-7-16(17)9-10-18(22)20-15-19(13-14-21)11-5-6-12-19/h3-4,7-10,21H,2,5-6,11-15H2,1H3,(H,20,22)/b10-9+. The predicted octanol–water partition coefficient (Wildman–Crippen LogP) is 3.16. The highest BCUT2D eigenvalue weighted by atomic mass is 16.5. The van der Waals surface area contributed by atoms with E-state index in [1.807, 2.05) is 31.2 Å². The van der Waals surface area contributed by atoms with Gasteiger partial charge < -0.3 is 15.2 Å². The molecule has 1 aliphatic carbocycles. The van der Waals surface area contributed by atoms with Gasteiger partial charge >= 0.3 is 0 Å². The lowest BCUT2D eigenvalue weighted by molar-refractivity contribution is -0.117. The van der Waals surface area contributed by atoms with Crippen molar-refractivity contribution in [2.24, 2.45) is 5.41 Å². The van der Waals surface area contributed by atoms with Crippen molar-refractivity contribution >= 4 is 12.0 Å². The molecule has 2 N–H and O–H groups in total. The summed E-state index contributed by atoms with van der Waals surface area (Å²) in [7, 11) is 0. The van der Waals surface area contributed by atoms with Crippen LogP contribution in [0.1, 0.15) is 44.6 Å². The number of aliphatic hydroxyl groups excluding tert-OH is 1. The topological polar surface area (TPSA) is 58.6 Å². The molecule has 0 atom stereocenters. The largest absolute Gasteiger partial charge is 0.493 e. The normalized spacial score (nSPS) is 16.6. The minimum Gasteiger partial charge on any atom is -0.493 e. The molecule has 0 aromatic heterocycles. The second-order valence-corrected chi connectivity index (χ2v) is 6.20. The van der Waals surface area contributed by atoms with Gasteiger partial charge in [0.05, 0.1) is 6.61 Å². The first-order valence-corrected chi connectivity index (χ1v) is 8.48. The molecule has 0 aliphatic heterocycles. The summed E-state index contributed by atoms with van der Waals surface area (Å²) in [6, 6.07) is 7.67. The van der Waals surface area contributed by atoms with Crippen molar-refractivity contribution in [3.8, 4) is 5.75 Å². The molecule has 0 radical (unpaired) electrons. The van der Waals surface area contributed by atoms with Gasteiger partial charge in [0.2, 0.25) is 5.91 Å². The summed E-state index contributed by atoms with van der Waals surface area (Å²) in [5.41, 5.74) is 0.983. The van der Waals surface area contributed by atoms with Crippen LogP contribution in [-0.4, -0.2) is 30.8 Å². The first-order chi connectivity index (χ1) is 11.2. The lowest BCUT2D eigenvalue weighted by Crippen LogP contribution is -2.35. The molecule has 23 heavy (non-hydrogen) atoms. The van der Waals surface area contributed by atoms with Crippen LogP contribution < -0.4 is 10.1 Å². The lowest BCUT2D eigenvalue weighted by atomic mass is 9.83. The van der Waals surface area contributed by atoms with Crippen molar-refractivity contribution < 1.29 is 14.6 Å². The van der Waals surface area contributed by atoms with Crippen molar-refractivity contribution in [3.05, 3.63) is 35.9 Å². The van der Waals surface area contributed by atoms with Crippen LogP contribution in [0.4, 0.5) is 0 Å². The van der Waals surface area contributed by atoms with Crippen LogP contribution in [0.2, 0.25) is 0 Å². The Morgan fingerprint density at radius 1 is 1.35 bits per heavy atom. The van der Waals surface area contributed by atoms with Crippen LogP contribution >= 0.6 is 0 Å². The molecule has 0 spiro atoms. The van der Waals surface area contributed by atoms with Crippen molar-refractivity contribution in [1.82, 2.24) is 5.32 Å². The zero-order valence-corrected chi connectivity index (χ0v) is 13.9. The van der Waals surface area contributed by atoms with E-state index in [0.29, 0.717) is 13.2 Å². The third-order valence-electron chi connectivity index (χ3n) is 4.58. The van der Waals surface area contributed by atoms with Gasteiger partial charge in [0.1, 0.15) is 5.75 Å². The number of aliphatic hydroxyl groups is 1. The maximum absolute atomic E-state index is 12.1. The minimum absolute atomic E-state index is 0.0848. The van der Waals surface area contributed by atoms with Crippen molar-refractivity contribution in [1.29, 1.82) is 0 Å². The molecule has 0 heterocycles. The fourth-order valence-electron chi connectivity index (χ4n) is 3.28. The molecule has 1 aromatic rings. The fraction of sp³-hybridized carbons (Fsp3) is 0.526. The molecule has 0 bridgehead atoms. The molecule has 1 fully saturated rings. The predicted molar refractivity (Wildman–Crippen MR) is 92.3 cm³/mol. The molecule has 4 nitrogen and oxygen atoms in total. The van der Waals surface area contributed by atoms with E-state index in [9.17, 15) is 9.90 Å². The van der Waals surface area contributed by atoms with Crippen LogP contribution in [-0.2, 0) is 4.79 Å². The lowest BCUT2D eigenvalue weighted by Gasteiger charge is -2.28. The second-order valence-electron chi connectivity index (χ2n) is 6.20. The fourth-order valence-corrected chi connectivity index (χ4v) is 3.28. The number of ether oxygens (including phenoxy) is 1. The van der Waals surface area contributed by atoms with E-state index >= 15 is 0 Å². The van der Waals surface area contributed by atoms with Gasteiger partial charge in [-0.2, -0.15) is 0 Å². The minimum atomic E-state index is -0.0967. The van der Waals surface area contributed by atoms with Gasteiger partial charge in [-0.1, -0.05) is 31.0 Å².